The topological polar surface area (TPSA) is 88.6 Å². The van der Waals surface area contributed by atoms with Gasteiger partial charge in [-0.25, -0.2) is 0 Å². The van der Waals surface area contributed by atoms with Gasteiger partial charge < -0.3 is 20.1 Å². The van der Waals surface area contributed by atoms with Gasteiger partial charge in [0, 0.05) is 57.4 Å². The van der Waals surface area contributed by atoms with Gasteiger partial charge in [0.15, 0.2) is 0 Å². The van der Waals surface area contributed by atoms with E-state index in [0.717, 1.165) is 22.4 Å². The average Bonchev–Trinajstić information content (AvgIpc) is 2.80. The molecule has 1 aromatic carbocycles. The van der Waals surface area contributed by atoms with E-state index in [2.05, 4.69) is 10.3 Å². The molecule has 1 aliphatic heterocycles. The Bertz CT molecular complexity index is 957. The van der Waals surface area contributed by atoms with Crippen molar-refractivity contribution in [1.29, 1.82) is 0 Å². The average molecular weight is 478 g/mol. The first-order valence-electron chi connectivity index (χ1n) is 11.2. The van der Waals surface area contributed by atoms with Crippen LogP contribution in [0.25, 0.3) is 11.3 Å². The molecule has 2 amide bonds. The van der Waals surface area contributed by atoms with E-state index in [1.807, 2.05) is 36.4 Å². The van der Waals surface area contributed by atoms with Crippen LogP contribution in [-0.4, -0.2) is 58.6 Å². The number of amides is 2. The number of rotatable bonds is 8. The predicted octanol–water partition coefficient (Wildman–Crippen LogP) is 2.95. The number of nitrogens with zero attached hydrogens (tertiary/aromatic N) is 3. The number of likely N-dealkylation sites (tertiary alicyclic amines) is 1. The third-order valence-electron chi connectivity index (χ3n) is 5.92. The summed E-state index contributed by atoms with van der Waals surface area (Å²) >= 11 is 0. The Balaban J connectivity index is 1.65. The molecule has 0 atom stereocenters. The molecule has 1 aliphatic rings. The number of hydrogen-bond acceptors (Lipinski definition) is 5. The van der Waals surface area contributed by atoms with Crippen LogP contribution in [-0.2, 0) is 17.9 Å². The van der Waals surface area contributed by atoms with Crippen molar-refractivity contribution in [2.24, 2.45) is 0 Å². The van der Waals surface area contributed by atoms with E-state index in [4.69, 9.17) is 0 Å². The first-order valence-corrected chi connectivity index (χ1v) is 11.2. The van der Waals surface area contributed by atoms with Gasteiger partial charge in [0.1, 0.15) is 6.09 Å². The SMILES string of the molecule is CC(=O)NCc1ccc(-c2ccc(CN(CCC(F)(F)F)C3CCN(C(=O)[O-])CC3)cn2)cc1. The lowest BCUT2D eigenvalue weighted by molar-refractivity contribution is -0.266. The zero-order chi connectivity index (χ0) is 24.7. The summed E-state index contributed by atoms with van der Waals surface area (Å²) in [5.74, 6) is -0.102. The van der Waals surface area contributed by atoms with E-state index < -0.39 is 18.7 Å². The fourth-order valence-corrected chi connectivity index (χ4v) is 4.02. The summed E-state index contributed by atoms with van der Waals surface area (Å²) in [6, 6.07) is 11.1. The fraction of sp³-hybridized carbons (Fsp3) is 0.458. The van der Waals surface area contributed by atoms with Crippen LogP contribution in [0.1, 0.15) is 37.3 Å². The Kier molecular flexibility index (Phi) is 8.49. The number of nitrogens with one attached hydrogen (secondary N) is 1. The number of carbonyl (C=O) groups excluding carboxylic acids is 2. The quantitative estimate of drug-likeness (QED) is 0.632. The van der Waals surface area contributed by atoms with Gasteiger partial charge in [-0.2, -0.15) is 13.2 Å². The first kappa shape index (κ1) is 25.5. The largest absolute Gasteiger partial charge is 0.530 e. The Labute approximate surface area is 196 Å². The van der Waals surface area contributed by atoms with Crippen LogP contribution >= 0.6 is 0 Å². The van der Waals surface area contributed by atoms with Crippen LogP contribution in [0, 0.1) is 0 Å². The molecule has 2 aromatic rings. The minimum Gasteiger partial charge on any atom is -0.530 e. The van der Waals surface area contributed by atoms with Crippen molar-refractivity contribution in [2.75, 3.05) is 19.6 Å². The number of carbonyl (C=O) groups is 2. The molecule has 1 N–H and O–H groups in total. The summed E-state index contributed by atoms with van der Waals surface area (Å²) in [5, 5.41) is 13.8. The molecule has 184 valence electrons. The summed E-state index contributed by atoms with van der Waals surface area (Å²) in [5.41, 5.74) is 3.37. The smallest absolute Gasteiger partial charge is 0.390 e. The van der Waals surface area contributed by atoms with Gasteiger partial charge >= 0.3 is 6.18 Å². The van der Waals surface area contributed by atoms with E-state index in [1.54, 1.807) is 11.1 Å². The molecule has 0 unspecified atom stereocenters. The van der Waals surface area contributed by atoms with Crippen LogP contribution < -0.4 is 10.4 Å². The van der Waals surface area contributed by atoms with Crippen molar-refractivity contribution in [2.45, 2.75) is 51.5 Å². The van der Waals surface area contributed by atoms with Gasteiger partial charge in [0.05, 0.1) is 12.1 Å². The fourth-order valence-electron chi connectivity index (χ4n) is 4.02. The highest BCUT2D eigenvalue weighted by molar-refractivity contribution is 5.72. The highest BCUT2D eigenvalue weighted by atomic mass is 19.4. The number of pyridine rings is 1. The normalized spacial score (nSPS) is 14.9. The maximum Gasteiger partial charge on any atom is 0.390 e. The number of carboxylic acid groups (broad SMARTS) is 1. The first-order chi connectivity index (χ1) is 16.1. The lowest BCUT2D eigenvalue weighted by Crippen LogP contribution is -2.50. The van der Waals surface area contributed by atoms with Crippen LogP contribution in [0.5, 0.6) is 0 Å². The van der Waals surface area contributed by atoms with Crippen molar-refractivity contribution in [3.8, 4) is 11.3 Å². The third kappa shape index (κ3) is 7.72. The number of hydrogen-bond donors (Lipinski definition) is 1. The van der Waals surface area contributed by atoms with Gasteiger partial charge in [-0.15, -0.1) is 0 Å². The number of piperidine rings is 1. The molecule has 10 heteroatoms. The Hall–Kier alpha value is -3.14. The molecule has 0 radical (unpaired) electrons. The van der Waals surface area contributed by atoms with Gasteiger partial charge in [-0.3, -0.25) is 14.7 Å². The van der Waals surface area contributed by atoms with Crippen LogP contribution in [0.2, 0.25) is 0 Å². The van der Waals surface area contributed by atoms with Crippen LogP contribution in [0.4, 0.5) is 18.0 Å². The minimum atomic E-state index is -4.27. The minimum absolute atomic E-state index is 0.102. The predicted molar refractivity (Wildman–Crippen MR) is 118 cm³/mol. The molecule has 0 bridgehead atoms. The highest BCUT2D eigenvalue weighted by Gasteiger charge is 2.31. The molecular weight excluding hydrogens is 449 g/mol. The van der Waals surface area contributed by atoms with Crippen molar-refractivity contribution < 1.29 is 27.9 Å². The lowest BCUT2D eigenvalue weighted by Gasteiger charge is -2.39. The zero-order valence-corrected chi connectivity index (χ0v) is 19.0. The van der Waals surface area contributed by atoms with E-state index in [9.17, 15) is 27.9 Å². The lowest BCUT2D eigenvalue weighted by atomic mass is 10.0. The summed E-state index contributed by atoms with van der Waals surface area (Å²) in [6.07, 6.45) is -3.85. The Morgan fingerprint density at radius 3 is 2.29 bits per heavy atom. The second-order valence-electron chi connectivity index (χ2n) is 8.48. The van der Waals surface area contributed by atoms with Crippen molar-refractivity contribution in [1.82, 2.24) is 20.1 Å². The monoisotopic (exact) mass is 477 g/mol. The molecule has 2 heterocycles. The summed E-state index contributed by atoms with van der Waals surface area (Å²) in [6.45, 7) is 2.56. The standard InChI is InChI=1S/C24H29F3N4O3/c1-17(32)28-14-18-2-5-20(6-3-18)22-7-4-19(15-29-22)16-31(13-10-24(25,26)27)21-8-11-30(12-9-21)23(33)34/h2-7,15,21H,8-14,16H2,1H3,(H,28,32)(H,33,34)/p-1. The molecule has 0 saturated carbocycles. The van der Waals surface area contributed by atoms with Crippen molar-refractivity contribution in [3.63, 3.8) is 0 Å². The van der Waals surface area contributed by atoms with Crippen molar-refractivity contribution >= 4 is 12.0 Å². The van der Waals surface area contributed by atoms with Gasteiger partial charge in [-0.05, 0) is 30.0 Å². The molecule has 0 spiro atoms. The van der Waals surface area contributed by atoms with Crippen LogP contribution in [0.3, 0.4) is 0 Å². The summed E-state index contributed by atoms with van der Waals surface area (Å²) in [4.78, 5) is 29.5. The van der Waals surface area contributed by atoms with Gasteiger partial charge in [0.2, 0.25) is 5.91 Å². The molecule has 34 heavy (non-hydrogen) atoms. The van der Waals surface area contributed by atoms with Gasteiger partial charge in [0.25, 0.3) is 0 Å². The van der Waals surface area contributed by atoms with Crippen molar-refractivity contribution in [3.05, 3.63) is 53.7 Å². The number of halogens is 3. The van der Waals surface area contributed by atoms with Crippen LogP contribution in [0.15, 0.2) is 42.6 Å². The molecule has 1 aromatic heterocycles. The number of alkyl halides is 3. The molecular formula is C24H28F3N4O3-. The number of benzene rings is 1. The summed E-state index contributed by atoms with van der Waals surface area (Å²) < 4.78 is 38.7. The van der Waals surface area contributed by atoms with Gasteiger partial charge in [-0.1, -0.05) is 30.3 Å². The van der Waals surface area contributed by atoms with E-state index in [1.165, 1.54) is 11.8 Å². The maximum atomic E-state index is 12.9. The van der Waals surface area contributed by atoms with E-state index in [-0.39, 0.29) is 31.6 Å². The second-order valence-corrected chi connectivity index (χ2v) is 8.48. The van der Waals surface area contributed by atoms with E-state index in [0.29, 0.717) is 25.9 Å². The van der Waals surface area contributed by atoms with E-state index >= 15 is 0 Å². The molecule has 0 aliphatic carbocycles. The third-order valence-corrected chi connectivity index (χ3v) is 5.92. The molecule has 7 nitrogen and oxygen atoms in total. The highest BCUT2D eigenvalue weighted by Crippen LogP contribution is 2.25. The molecule has 1 fully saturated rings. The number of aromatic nitrogens is 1. The second kappa shape index (κ2) is 11.3. The molecule has 3 rings (SSSR count). The Morgan fingerprint density at radius 1 is 1.12 bits per heavy atom. The molecule has 1 saturated heterocycles. The Morgan fingerprint density at radius 2 is 1.76 bits per heavy atom. The zero-order valence-electron chi connectivity index (χ0n) is 19.0. The maximum absolute atomic E-state index is 12.9. The summed E-state index contributed by atoms with van der Waals surface area (Å²) in [7, 11) is 0.